The highest BCUT2D eigenvalue weighted by Crippen LogP contribution is 2.27. The minimum atomic E-state index is -0.220. The van der Waals surface area contributed by atoms with Gasteiger partial charge in [-0.15, -0.1) is 0 Å². The molecule has 0 aliphatic heterocycles. The summed E-state index contributed by atoms with van der Waals surface area (Å²) in [6, 6.07) is 18.8. The highest BCUT2D eigenvalue weighted by molar-refractivity contribution is 6.04. The van der Waals surface area contributed by atoms with E-state index in [-0.39, 0.29) is 5.91 Å². The fraction of sp³-hybridized carbons (Fsp3) is 0.0455. The number of benzene rings is 2. The first kappa shape index (κ1) is 17.5. The van der Waals surface area contributed by atoms with Crippen molar-refractivity contribution in [1.29, 1.82) is 0 Å². The van der Waals surface area contributed by atoms with Crippen molar-refractivity contribution in [3.05, 3.63) is 96.6 Å². The number of rotatable bonds is 5. The lowest BCUT2D eigenvalue weighted by Crippen LogP contribution is -2.11. The molecule has 1 N–H and O–H groups in total. The van der Waals surface area contributed by atoms with Gasteiger partial charge in [0.1, 0.15) is 11.5 Å². The number of carbonyl (C=O) groups is 1. The van der Waals surface area contributed by atoms with Crippen LogP contribution >= 0.6 is 0 Å². The van der Waals surface area contributed by atoms with Gasteiger partial charge >= 0.3 is 0 Å². The van der Waals surface area contributed by atoms with E-state index in [1.54, 1.807) is 35.5 Å². The average molecular weight is 370 g/mol. The normalized spacial score (nSPS) is 10.5. The molecule has 2 aromatic carbocycles. The lowest BCUT2D eigenvalue weighted by Gasteiger charge is -2.10. The predicted octanol–water partition coefficient (Wildman–Crippen LogP) is 4.62. The second-order valence-electron chi connectivity index (χ2n) is 6.23. The van der Waals surface area contributed by atoms with Crippen LogP contribution < -0.4 is 10.1 Å². The summed E-state index contributed by atoms with van der Waals surface area (Å²) in [5.41, 5.74) is 2.97. The van der Waals surface area contributed by atoms with Crippen LogP contribution in [0.15, 0.2) is 85.5 Å². The minimum Gasteiger partial charge on any atom is -0.455 e. The van der Waals surface area contributed by atoms with Crippen LogP contribution in [-0.2, 0) is 0 Å². The van der Waals surface area contributed by atoms with Gasteiger partial charge in [0.05, 0.1) is 23.6 Å². The van der Waals surface area contributed by atoms with Crippen LogP contribution in [0.2, 0.25) is 0 Å². The SMILES string of the molecule is Cc1cc(NC(=O)c2cnn(-c3ccccc3)c2)ccc1Oc1cccnc1. The zero-order valence-electron chi connectivity index (χ0n) is 15.2. The summed E-state index contributed by atoms with van der Waals surface area (Å²) in [4.78, 5) is 16.6. The predicted molar refractivity (Wildman–Crippen MR) is 107 cm³/mol. The molecule has 4 aromatic rings. The second-order valence-corrected chi connectivity index (χ2v) is 6.23. The number of carbonyl (C=O) groups excluding carboxylic acids is 1. The molecule has 2 aromatic heterocycles. The van der Waals surface area contributed by atoms with E-state index in [9.17, 15) is 4.79 Å². The number of aromatic nitrogens is 3. The minimum absolute atomic E-state index is 0.220. The maximum atomic E-state index is 12.5. The summed E-state index contributed by atoms with van der Waals surface area (Å²) >= 11 is 0. The van der Waals surface area contributed by atoms with E-state index in [2.05, 4.69) is 15.4 Å². The van der Waals surface area contributed by atoms with Gasteiger partial charge in [0.15, 0.2) is 0 Å². The third-order valence-corrected chi connectivity index (χ3v) is 4.16. The van der Waals surface area contributed by atoms with Crippen molar-refractivity contribution in [2.75, 3.05) is 5.32 Å². The molecule has 6 nitrogen and oxygen atoms in total. The molecule has 2 heterocycles. The molecule has 0 aliphatic rings. The molecular weight excluding hydrogens is 352 g/mol. The Morgan fingerprint density at radius 2 is 1.89 bits per heavy atom. The van der Waals surface area contributed by atoms with Gasteiger partial charge in [-0.3, -0.25) is 9.78 Å². The first-order chi connectivity index (χ1) is 13.7. The topological polar surface area (TPSA) is 69.0 Å². The highest BCUT2D eigenvalue weighted by atomic mass is 16.5. The third kappa shape index (κ3) is 3.91. The van der Waals surface area contributed by atoms with Crippen LogP contribution in [0.3, 0.4) is 0 Å². The molecule has 0 atom stereocenters. The Balaban J connectivity index is 1.46. The van der Waals surface area contributed by atoms with Gasteiger partial charge in [0, 0.05) is 18.1 Å². The first-order valence-electron chi connectivity index (χ1n) is 8.79. The number of para-hydroxylation sites is 1. The summed E-state index contributed by atoms with van der Waals surface area (Å²) in [7, 11) is 0. The molecular formula is C22H18N4O2. The number of aryl methyl sites for hydroxylation is 1. The van der Waals surface area contributed by atoms with Crippen molar-refractivity contribution in [3.63, 3.8) is 0 Å². The fourth-order valence-electron chi connectivity index (χ4n) is 2.74. The van der Waals surface area contributed by atoms with Crippen molar-refractivity contribution in [2.24, 2.45) is 0 Å². The number of nitrogens with zero attached hydrogens (tertiary/aromatic N) is 3. The summed E-state index contributed by atoms with van der Waals surface area (Å²) in [5.74, 6) is 1.15. The van der Waals surface area contributed by atoms with Gasteiger partial charge in [0.25, 0.3) is 5.91 Å². The Hall–Kier alpha value is -3.93. The van der Waals surface area contributed by atoms with Crippen molar-refractivity contribution in [2.45, 2.75) is 6.92 Å². The van der Waals surface area contributed by atoms with E-state index in [1.807, 2.05) is 61.5 Å². The van der Waals surface area contributed by atoms with E-state index in [0.717, 1.165) is 11.3 Å². The van der Waals surface area contributed by atoms with Gasteiger partial charge in [0.2, 0.25) is 0 Å². The number of anilines is 1. The standard InChI is InChI=1S/C22H18N4O2/c1-16-12-18(9-10-21(16)28-20-8-5-11-23-14-20)25-22(27)17-13-24-26(15-17)19-6-3-2-4-7-19/h2-15H,1H3,(H,25,27). The van der Waals surface area contributed by atoms with E-state index >= 15 is 0 Å². The summed E-state index contributed by atoms with van der Waals surface area (Å²) in [6.07, 6.45) is 6.60. The average Bonchev–Trinajstić information content (AvgIpc) is 3.22. The smallest absolute Gasteiger partial charge is 0.258 e. The monoisotopic (exact) mass is 370 g/mol. The van der Waals surface area contributed by atoms with E-state index in [4.69, 9.17) is 4.74 Å². The Labute approximate surface area is 162 Å². The van der Waals surface area contributed by atoms with Gasteiger partial charge in [-0.25, -0.2) is 4.68 Å². The van der Waals surface area contributed by atoms with Crippen LogP contribution in [0, 0.1) is 6.92 Å². The number of nitrogens with one attached hydrogen (secondary N) is 1. The molecule has 0 spiro atoms. The quantitative estimate of drug-likeness (QED) is 0.556. The third-order valence-electron chi connectivity index (χ3n) is 4.16. The summed E-state index contributed by atoms with van der Waals surface area (Å²) in [6.45, 7) is 1.93. The molecule has 28 heavy (non-hydrogen) atoms. The number of hydrogen-bond acceptors (Lipinski definition) is 4. The number of pyridine rings is 1. The first-order valence-corrected chi connectivity index (χ1v) is 8.79. The van der Waals surface area contributed by atoms with Crippen LogP contribution in [-0.4, -0.2) is 20.7 Å². The fourth-order valence-corrected chi connectivity index (χ4v) is 2.74. The van der Waals surface area contributed by atoms with Gasteiger partial charge < -0.3 is 10.1 Å². The van der Waals surface area contributed by atoms with Crippen molar-refractivity contribution in [1.82, 2.24) is 14.8 Å². The van der Waals surface area contributed by atoms with E-state index in [0.29, 0.717) is 22.7 Å². The number of ether oxygens (including phenoxy) is 1. The molecule has 1 amide bonds. The van der Waals surface area contributed by atoms with Crippen LogP contribution in [0.1, 0.15) is 15.9 Å². The molecule has 0 aliphatic carbocycles. The van der Waals surface area contributed by atoms with Crippen LogP contribution in [0.4, 0.5) is 5.69 Å². The molecule has 0 fully saturated rings. The molecule has 0 saturated heterocycles. The Morgan fingerprint density at radius 1 is 1.04 bits per heavy atom. The van der Waals surface area contributed by atoms with Gasteiger partial charge in [-0.2, -0.15) is 5.10 Å². The molecule has 138 valence electrons. The van der Waals surface area contributed by atoms with Gasteiger partial charge in [-0.05, 0) is 55.0 Å². The molecule has 0 saturated carbocycles. The van der Waals surface area contributed by atoms with Crippen molar-refractivity contribution < 1.29 is 9.53 Å². The van der Waals surface area contributed by atoms with Crippen LogP contribution in [0.25, 0.3) is 5.69 Å². The largest absolute Gasteiger partial charge is 0.455 e. The molecule has 6 heteroatoms. The molecule has 0 radical (unpaired) electrons. The van der Waals surface area contributed by atoms with Crippen LogP contribution in [0.5, 0.6) is 11.5 Å². The maximum absolute atomic E-state index is 12.5. The Kier molecular flexibility index (Phi) is 4.84. The highest BCUT2D eigenvalue weighted by Gasteiger charge is 2.11. The zero-order chi connectivity index (χ0) is 19.3. The molecule has 4 rings (SSSR count). The second kappa shape index (κ2) is 7.75. The van der Waals surface area contributed by atoms with E-state index < -0.39 is 0 Å². The molecule has 0 unspecified atom stereocenters. The lowest BCUT2D eigenvalue weighted by atomic mass is 10.2. The van der Waals surface area contributed by atoms with Crippen molar-refractivity contribution >= 4 is 11.6 Å². The Bertz CT molecular complexity index is 1090. The van der Waals surface area contributed by atoms with E-state index in [1.165, 1.54) is 0 Å². The number of hydrogen-bond donors (Lipinski definition) is 1. The van der Waals surface area contributed by atoms with Gasteiger partial charge in [-0.1, -0.05) is 18.2 Å². The molecule has 0 bridgehead atoms. The maximum Gasteiger partial charge on any atom is 0.258 e. The summed E-state index contributed by atoms with van der Waals surface area (Å²) in [5, 5.41) is 7.15. The summed E-state index contributed by atoms with van der Waals surface area (Å²) < 4.78 is 7.49. The lowest BCUT2D eigenvalue weighted by molar-refractivity contribution is 0.102. The zero-order valence-corrected chi connectivity index (χ0v) is 15.2. The Morgan fingerprint density at radius 3 is 2.64 bits per heavy atom. The number of amides is 1. The van der Waals surface area contributed by atoms with Crippen molar-refractivity contribution in [3.8, 4) is 17.2 Å².